The van der Waals surface area contributed by atoms with Crippen LogP contribution in [0.25, 0.3) is 0 Å². The van der Waals surface area contributed by atoms with Gasteiger partial charge in [-0.1, -0.05) is 43.2 Å². The minimum Gasteiger partial charge on any atom is -0.457 e. The summed E-state index contributed by atoms with van der Waals surface area (Å²) in [6.45, 7) is 6.30. The monoisotopic (exact) mass is 283 g/mol. The molecule has 0 amide bonds. The van der Waals surface area contributed by atoms with E-state index in [1.807, 2.05) is 25.1 Å². The zero-order valence-electron chi connectivity index (χ0n) is 13.2. The van der Waals surface area contributed by atoms with Crippen molar-refractivity contribution in [2.45, 2.75) is 46.1 Å². The maximum atomic E-state index is 6.04. The lowest BCUT2D eigenvalue weighted by molar-refractivity contribution is 0.473. The lowest BCUT2D eigenvalue weighted by Crippen LogP contribution is -2.18. The highest BCUT2D eigenvalue weighted by atomic mass is 16.5. The lowest BCUT2D eigenvalue weighted by Gasteiger charge is -2.14. The Morgan fingerprint density at radius 3 is 2.43 bits per heavy atom. The van der Waals surface area contributed by atoms with Crippen LogP contribution in [-0.4, -0.2) is 6.04 Å². The summed E-state index contributed by atoms with van der Waals surface area (Å²) in [4.78, 5) is 0. The van der Waals surface area contributed by atoms with Crippen LogP contribution in [0.2, 0.25) is 0 Å². The van der Waals surface area contributed by atoms with Crippen molar-refractivity contribution in [1.82, 2.24) is 0 Å². The highest BCUT2D eigenvalue weighted by Gasteiger charge is 2.08. The molecule has 0 saturated carbocycles. The van der Waals surface area contributed by atoms with Crippen LogP contribution in [-0.2, 0) is 12.8 Å². The molecule has 0 heterocycles. The van der Waals surface area contributed by atoms with E-state index in [0.29, 0.717) is 0 Å². The molecule has 1 atom stereocenters. The summed E-state index contributed by atoms with van der Waals surface area (Å²) in [6, 6.07) is 14.8. The Hall–Kier alpha value is -1.80. The fourth-order valence-electron chi connectivity index (χ4n) is 2.45. The van der Waals surface area contributed by atoms with Crippen molar-refractivity contribution >= 4 is 0 Å². The van der Waals surface area contributed by atoms with Gasteiger partial charge in [0.1, 0.15) is 11.5 Å². The van der Waals surface area contributed by atoms with Gasteiger partial charge in [-0.15, -0.1) is 0 Å². The van der Waals surface area contributed by atoms with Gasteiger partial charge in [-0.2, -0.15) is 0 Å². The van der Waals surface area contributed by atoms with Gasteiger partial charge in [0.05, 0.1) is 0 Å². The molecule has 1 unspecified atom stereocenters. The van der Waals surface area contributed by atoms with Crippen LogP contribution >= 0.6 is 0 Å². The van der Waals surface area contributed by atoms with Crippen molar-refractivity contribution in [3.8, 4) is 11.5 Å². The summed E-state index contributed by atoms with van der Waals surface area (Å²) in [5.74, 6) is 1.78. The molecule has 2 rings (SSSR count). The summed E-state index contributed by atoms with van der Waals surface area (Å²) in [5, 5.41) is 0. The number of nitrogens with two attached hydrogens (primary N) is 1. The van der Waals surface area contributed by atoms with Crippen LogP contribution in [0.1, 0.15) is 37.0 Å². The molecule has 2 N–H and O–H groups in total. The summed E-state index contributed by atoms with van der Waals surface area (Å²) in [5.41, 5.74) is 9.69. The third-order valence-electron chi connectivity index (χ3n) is 3.45. The summed E-state index contributed by atoms with van der Waals surface area (Å²) < 4.78 is 6.04. The SMILES string of the molecule is CCCc1ccc(Oc2ccc(C)cc2CC(C)N)cc1. The average Bonchev–Trinajstić information content (AvgIpc) is 2.43. The maximum Gasteiger partial charge on any atom is 0.130 e. The maximum absolute atomic E-state index is 6.04. The van der Waals surface area contributed by atoms with Gasteiger partial charge in [0.15, 0.2) is 0 Å². The van der Waals surface area contributed by atoms with Crippen LogP contribution in [0.15, 0.2) is 42.5 Å². The molecule has 0 aliphatic carbocycles. The summed E-state index contributed by atoms with van der Waals surface area (Å²) >= 11 is 0. The summed E-state index contributed by atoms with van der Waals surface area (Å²) in [6.07, 6.45) is 3.10. The van der Waals surface area contributed by atoms with Gasteiger partial charge in [-0.05, 0) is 56.0 Å². The van der Waals surface area contributed by atoms with E-state index in [2.05, 4.69) is 38.1 Å². The minimum atomic E-state index is 0.126. The van der Waals surface area contributed by atoms with Crippen molar-refractivity contribution in [2.75, 3.05) is 0 Å². The molecule has 2 heteroatoms. The quantitative estimate of drug-likeness (QED) is 0.839. The van der Waals surface area contributed by atoms with E-state index in [0.717, 1.165) is 30.8 Å². The number of benzene rings is 2. The average molecular weight is 283 g/mol. The highest BCUT2D eigenvalue weighted by Crippen LogP contribution is 2.27. The van der Waals surface area contributed by atoms with E-state index >= 15 is 0 Å². The largest absolute Gasteiger partial charge is 0.457 e. The molecule has 2 nitrogen and oxygen atoms in total. The molecule has 0 aliphatic heterocycles. The molecular formula is C19H25NO. The van der Waals surface area contributed by atoms with Gasteiger partial charge in [-0.3, -0.25) is 0 Å². The normalized spacial score (nSPS) is 12.2. The third kappa shape index (κ3) is 4.61. The Morgan fingerprint density at radius 2 is 1.81 bits per heavy atom. The van der Waals surface area contributed by atoms with Crippen LogP contribution in [0.5, 0.6) is 11.5 Å². The first-order valence-corrected chi connectivity index (χ1v) is 7.70. The van der Waals surface area contributed by atoms with E-state index in [1.165, 1.54) is 16.7 Å². The van der Waals surface area contributed by atoms with Gasteiger partial charge in [0, 0.05) is 6.04 Å². The number of aryl methyl sites for hydroxylation is 2. The first-order valence-electron chi connectivity index (χ1n) is 7.70. The molecule has 0 radical (unpaired) electrons. The highest BCUT2D eigenvalue weighted by molar-refractivity contribution is 5.41. The number of ether oxygens (including phenoxy) is 1. The van der Waals surface area contributed by atoms with E-state index < -0.39 is 0 Å². The second-order valence-electron chi connectivity index (χ2n) is 5.79. The Morgan fingerprint density at radius 1 is 1.10 bits per heavy atom. The molecular weight excluding hydrogens is 258 g/mol. The van der Waals surface area contributed by atoms with Crippen molar-refractivity contribution in [2.24, 2.45) is 5.73 Å². The smallest absolute Gasteiger partial charge is 0.130 e. The van der Waals surface area contributed by atoms with Gasteiger partial charge in [-0.25, -0.2) is 0 Å². The Kier molecular flexibility index (Phi) is 5.40. The molecule has 0 bridgehead atoms. The molecule has 0 aliphatic rings. The number of hydrogen-bond acceptors (Lipinski definition) is 2. The van der Waals surface area contributed by atoms with Crippen LogP contribution in [0, 0.1) is 6.92 Å². The van der Waals surface area contributed by atoms with E-state index in [1.54, 1.807) is 0 Å². The molecule has 2 aromatic carbocycles. The molecule has 0 saturated heterocycles. The second-order valence-corrected chi connectivity index (χ2v) is 5.79. The molecule has 2 aromatic rings. The topological polar surface area (TPSA) is 35.2 Å². The van der Waals surface area contributed by atoms with Gasteiger partial charge < -0.3 is 10.5 Å². The third-order valence-corrected chi connectivity index (χ3v) is 3.45. The van der Waals surface area contributed by atoms with Crippen LogP contribution in [0.4, 0.5) is 0 Å². The van der Waals surface area contributed by atoms with Gasteiger partial charge >= 0.3 is 0 Å². The predicted molar refractivity (Wildman–Crippen MR) is 89.0 cm³/mol. The molecule has 21 heavy (non-hydrogen) atoms. The standard InChI is InChI=1S/C19H25NO/c1-4-5-16-7-9-18(10-8-16)21-19-11-6-14(2)12-17(19)13-15(3)20/h6-12,15H,4-5,13,20H2,1-3H3. The van der Waals surface area contributed by atoms with E-state index in [4.69, 9.17) is 10.5 Å². The summed E-state index contributed by atoms with van der Waals surface area (Å²) in [7, 11) is 0. The molecule has 0 aromatic heterocycles. The van der Waals surface area contributed by atoms with Crippen molar-refractivity contribution in [3.05, 3.63) is 59.2 Å². The molecule has 112 valence electrons. The second kappa shape index (κ2) is 7.28. The van der Waals surface area contributed by atoms with E-state index in [9.17, 15) is 0 Å². The first kappa shape index (κ1) is 15.6. The number of hydrogen-bond donors (Lipinski definition) is 1. The number of rotatable bonds is 6. The lowest BCUT2D eigenvalue weighted by atomic mass is 10.0. The molecule has 0 fully saturated rings. The zero-order chi connectivity index (χ0) is 15.2. The van der Waals surface area contributed by atoms with Crippen molar-refractivity contribution in [1.29, 1.82) is 0 Å². The van der Waals surface area contributed by atoms with Crippen molar-refractivity contribution in [3.63, 3.8) is 0 Å². The predicted octanol–water partition coefficient (Wildman–Crippen LogP) is 4.63. The first-order chi connectivity index (χ1) is 10.1. The fourth-order valence-corrected chi connectivity index (χ4v) is 2.45. The van der Waals surface area contributed by atoms with Crippen LogP contribution < -0.4 is 10.5 Å². The van der Waals surface area contributed by atoms with Gasteiger partial charge in [0.25, 0.3) is 0 Å². The zero-order valence-corrected chi connectivity index (χ0v) is 13.2. The fraction of sp³-hybridized carbons (Fsp3) is 0.368. The van der Waals surface area contributed by atoms with Crippen molar-refractivity contribution < 1.29 is 4.74 Å². The Bertz CT molecular complexity index is 573. The molecule has 0 spiro atoms. The Labute approximate surface area is 127 Å². The minimum absolute atomic E-state index is 0.126. The Balaban J connectivity index is 2.18. The van der Waals surface area contributed by atoms with Crippen LogP contribution in [0.3, 0.4) is 0 Å². The van der Waals surface area contributed by atoms with E-state index in [-0.39, 0.29) is 6.04 Å². The van der Waals surface area contributed by atoms with Gasteiger partial charge in [0.2, 0.25) is 0 Å².